The maximum Gasteiger partial charge on any atom is 0.126 e. The Balaban J connectivity index is 2.00. The number of nitrogens with zero attached hydrogens (tertiary/aromatic N) is 2. The van der Waals surface area contributed by atoms with Gasteiger partial charge in [-0.25, -0.2) is 4.68 Å². The molecule has 0 amide bonds. The first-order valence-electron chi connectivity index (χ1n) is 6.37. The molecule has 1 aromatic carbocycles. The summed E-state index contributed by atoms with van der Waals surface area (Å²) in [6.07, 6.45) is 2.90. The highest BCUT2D eigenvalue weighted by molar-refractivity contribution is 9.10. The van der Waals surface area contributed by atoms with Gasteiger partial charge in [-0.2, -0.15) is 5.10 Å². The Kier molecular flexibility index (Phi) is 3.63. The average Bonchev–Trinajstić information content (AvgIpc) is 3.05. The third-order valence-electron chi connectivity index (χ3n) is 3.08. The van der Waals surface area contributed by atoms with Crippen LogP contribution in [0, 0.1) is 0 Å². The topological polar surface area (TPSA) is 43.8 Å². The number of thiophene rings is 1. The highest BCUT2D eigenvalue weighted by atomic mass is 79.9. The van der Waals surface area contributed by atoms with Crippen LogP contribution in [0.2, 0.25) is 0 Å². The van der Waals surface area contributed by atoms with Crippen LogP contribution in [0.25, 0.3) is 16.3 Å². The van der Waals surface area contributed by atoms with Gasteiger partial charge in [0.05, 0.1) is 22.4 Å². The van der Waals surface area contributed by atoms with Crippen LogP contribution in [0.3, 0.4) is 0 Å². The molecule has 0 atom stereocenters. The number of aryl methyl sites for hydroxylation is 1. The molecule has 0 spiro atoms. The van der Waals surface area contributed by atoms with Crippen molar-refractivity contribution in [2.75, 3.05) is 5.73 Å². The van der Waals surface area contributed by atoms with E-state index in [9.17, 15) is 0 Å². The van der Waals surface area contributed by atoms with E-state index in [1.54, 1.807) is 11.3 Å². The van der Waals surface area contributed by atoms with Crippen LogP contribution in [0.15, 0.2) is 47.1 Å². The lowest BCUT2D eigenvalue weighted by molar-refractivity contribution is 0.885. The molecule has 0 unspecified atom stereocenters. The van der Waals surface area contributed by atoms with Crippen molar-refractivity contribution in [2.24, 2.45) is 0 Å². The van der Waals surface area contributed by atoms with Gasteiger partial charge in [-0.1, -0.05) is 22.9 Å². The zero-order valence-corrected chi connectivity index (χ0v) is 13.4. The van der Waals surface area contributed by atoms with E-state index in [0.717, 1.165) is 27.2 Å². The van der Waals surface area contributed by atoms with Crippen LogP contribution in [-0.4, -0.2) is 9.78 Å². The lowest BCUT2D eigenvalue weighted by atomic mass is 10.3. The largest absolute Gasteiger partial charge is 0.396 e. The van der Waals surface area contributed by atoms with Gasteiger partial charge in [0.1, 0.15) is 5.69 Å². The fourth-order valence-corrected chi connectivity index (χ4v) is 3.22. The molecular weight excluding hydrogens is 334 g/mol. The van der Waals surface area contributed by atoms with Gasteiger partial charge in [-0.3, -0.25) is 0 Å². The standard InChI is InChI=1S/C15H14BrN3S/c1-2-12-7-8-14(20-12)15-13(17)9-19(18-15)11-5-3-10(16)4-6-11/h3-9H,2,17H2,1H3. The van der Waals surface area contributed by atoms with E-state index in [1.807, 2.05) is 35.1 Å². The quantitative estimate of drug-likeness (QED) is 0.757. The first-order valence-corrected chi connectivity index (χ1v) is 7.98. The molecule has 2 aromatic heterocycles. The molecule has 20 heavy (non-hydrogen) atoms. The van der Waals surface area contributed by atoms with Crippen molar-refractivity contribution in [1.82, 2.24) is 9.78 Å². The summed E-state index contributed by atoms with van der Waals surface area (Å²) in [5.41, 5.74) is 8.67. The molecule has 0 bridgehead atoms. The molecule has 102 valence electrons. The van der Waals surface area contributed by atoms with Gasteiger partial charge in [0, 0.05) is 9.35 Å². The summed E-state index contributed by atoms with van der Waals surface area (Å²) >= 11 is 5.18. The number of aromatic nitrogens is 2. The van der Waals surface area contributed by atoms with Crippen molar-refractivity contribution >= 4 is 33.0 Å². The molecule has 0 aliphatic carbocycles. The fraction of sp³-hybridized carbons (Fsp3) is 0.133. The van der Waals surface area contributed by atoms with Crippen LogP contribution >= 0.6 is 27.3 Å². The normalized spacial score (nSPS) is 10.9. The molecule has 0 fully saturated rings. The lowest BCUT2D eigenvalue weighted by Gasteiger charge is -2.00. The Hall–Kier alpha value is -1.59. The Morgan fingerprint density at radius 3 is 2.60 bits per heavy atom. The summed E-state index contributed by atoms with van der Waals surface area (Å²) in [5.74, 6) is 0. The summed E-state index contributed by atoms with van der Waals surface area (Å²) in [4.78, 5) is 2.47. The first-order chi connectivity index (χ1) is 9.67. The van der Waals surface area contributed by atoms with Crippen molar-refractivity contribution in [3.05, 3.63) is 51.9 Å². The van der Waals surface area contributed by atoms with Crippen LogP contribution in [-0.2, 0) is 6.42 Å². The first kappa shape index (κ1) is 13.4. The van der Waals surface area contributed by atoms with Crippen molar-refractivity contribution in [1.29, 1.82) is 0 Å². The summed E-state index contributed by atoms with van der Waals surface area (Å²) in [6.45, 7) is 2.15. The lowest BCUT2D eigenvalue weighted by Crippen LogP contribution is -1.93. The van der Waals surface area contributed by atoms with Gasteiger partial charge in [0.2, 0.25) is 0 Å². The average molecular weight is 348 g/mol. The summed E-state index contributed by atoms with van der Waals surface area (Å²) in [7, 11) is 0. The van der Waals surface area contributed by atoms with E-state index >= 15 is 0 Å². The van der Waals surface area contributed by atoms with Crippen LogP contribution < -0.4 is 5.73 Å². The van der Waals surface area contributed by atoms with Crippen LogP contribution in [0.1, 0.15) is 11.8 Å². The molecule has 5 heteroatoms. The number of halogens is 1. The van der Waals surface area contributed by atoms with Crippen molar-refractivity contribution in [3.8, 4) is 16.3 Å². The van der Waals surface area contributed by atoms with E-state index in [-0.39, 0.29) is 0 Å². The van der Waals surface area contributed by atoms with E-state index in [2.05, 4.69) is 40.1 Å². The number of nitrogen functional groups attached to an aromatic ring is 1. The van der Waals surface area contributed by atoms with Crippen molar-refractivity contribution < 1.29 is 0 Å². The van der Waals surface area contributed by atoms with E-state index in [0.29, 0.717) is 5.69 Å². The molecule has 3 rings (SSSR count). The molecule has 3 aromatic rings. The maximum atomic E-state index is 6.11. The molecule has 0 saturated heterocycles. The minimum absolute atomic E-state index is 0.706. The summed E-state index contributed by atoms with van der Waals surface area (Å²) in [6, 6.07) is 12.2. The molecular formula is C15H14BrN3S. The smallest absolute Gasteiger partial charge is 0.126 e. The van der Waals surface area contributed by atoms with E-state index in [1.165, 1.54) is 4.88 Å². The molecule has 2 heterocycles. The number of rotatable bonds is 3. The predicted molar refractivity (Wildman–Crippen MR) is 88.4 cm³/mol. The molecule has 0 aliphatic heterocycles. The Bertz CT molecular complexity index is 728. The van der Waals surface area contributed by atoms with Gasteiger partial charge in [0.25, 0.3) is 0 Å². The Labute approximate surface area is 130 Å². The Morgan fingerprint density at radius 1 is 1.20 bits per heavy atom. The highest BCUT2D eigenvalue weighted by Crippen LogP contribution is 2.31. The second kappa shape index (κ2) is 5.42. The fourth-order valence-electron chi connectivity index (χ4n) is 2.00. The van der Waals surface area contributed by atoms with Crippen molar-refractivity contribution in [3.63, 3.8) is 0 Å². The number of hydrogen-bond donors (Lipinski definition) is 1. The van der Waals surface area contributed by atoms with Gasteiger partial charge in [-0.15, -0.1) is 11.3 Å². The predicted octanol–water partition coefficient (Wildman–Crippen LogP) is 4.51. The summed E-state index contributed by atoms with van der Waals surface area (Å²) in [5, 5.41) is 4.61. The number of hydrogen-bond acceptors (Lipinski definition) is 3. The SMILES string of the molecule is CCc1ccc(-c2nn(-c3ccc(Br)cc3)cc2N)s1. The zero-order valence-electron chi connectivity index (χ0n) is 11.0. The third kappa shape index (κ3) is 2.51. The number of anilines is 1. The van der Waals surface area contributed by atoms with E-state index < -0.39 is 0 Å². The van der Waals surface area contributed by atoms with Gasteiger partial charge >= 0.3 is 0 Å². The molecule has 2 N–H and O–H groups in total. The second-order valence-corrected chi connectivity index (χ2v) is 6.56. The second-order valence-electron chi connectivity index (χ2n) is 4.47. The number of benzene rings is 1. The highest BCUT2D eigenvalue weighted by Gasteiger charge is 2.11. The minimum atomic E-state index is 0.706. The van der Waals surface area contributed by atoms with Gasteiger partial charge < -0.3 is 5.73 Å². The van der Waals surface area contributed by atoms with Gasteiger partial charge in [-0.05, 0) is 42.8 Å². The summed E-state index contributed by atoms with van der Waals surface area (Å²) < 4.78 is 2.87. The van der Waals surface area contributed by atoms with Crippen LogP contribution in [0.4, 0.5) is 5.69 Å². The number of nitrogens with two attached hydrogens (primary N) is 1. The zero-order chi connectivity index (χ0) is 14.1. The van der Waals surface area contributed by atoms with Crippen molar-refractivity contribution in [2.45, 2.75) is 13.3 Å². The molecule has 3 nitrogen and oxygen atoms in total. The third-order valence-corrected chi connectivity index (χ3v) is 4.84. The minimum Gasteiger partial charge on any atom is -0.396 e. The monoisotopic (exact) mass is 347 g/mol. The molecule has 0 aliphatic rings. The molecule has 0 radical (unpaired) electrons. The van der Waals surface area contributed by atoms with Gasteiger partial charge in [0.15, 0.2) is 0 Å². The maximum absolute atomic E-state index is 6.11. The van der Waals surface area contributed by atoms with Crippen LogP contribution in [0.5, 0.6) is 0 Å². The van der Waals surface area contributed by atoms with E-state index in [4.69, 9.17) is 5.73 Å². The molecule has 0 saturated carbocycles. The Morgan fingerprint density at radius 2 is 1.95 bits per heavy atom.